The Bertz CT molecular complexity index is 930. The number of likely N-dealkylation sites (tertiary alicyclic amines) is 1. The monoisotopic (exact) mass is 513 g/mol. The van der Waals surface area contributed by atoms with Gasteiger partial charge in [0, 0.05) is 25.0 Å². The van der Waals surface area contributed by atoms with Crippen LogP contribution in [0.1, 0.15) is 85.5 Å². The van der Waals surface area contributed by atoms with Crippen LogP contribution >= 0.6 is 0 Å². The number of fused-ring (bicyclic) bond motifs is 6. The Morgan fingerprint density at radius 2 is 2.00 bits per heavy atom. The van der Waals surface area contributed by atoms with Crippen LogP contribution in [0.3, 0.4) is 0 Å². The van der Waals surface area contributed by atoms with Crippen molar-refractivity contribution in [2.45, 2.75) is 109 Å². The zero-order valence-corrected chi connectivity index (χ0v) is 23.8. The standard InChI is InChI=1S/C32H51NO4/c1-20-15-29-30(33(19-20)11-13-36-14-12-34)22(3)32(37-29)10-8-25-26-6-5-23-16-24(35)7-9-31(23,4)28(26)17-27(25)21(2)18-32/h16,20,22,24-26,28-30,34-35H,5-15,17-19H2,1-4H3/t20-,22+,24-,25-,26?,28-,29?,30-,31-,32-/m0/s1. The average Bonchev–Trinajstić information content (AvgIpc) is 3.32. The molecule has 37 heavy (non-hydrogen) atoms. The molecule has 0 radical (unpaired) electrons. The summed E-state index contributed by atoms with van der Waals surface area (Å²) in [6.07, 6.45) is 12.9. The van der Waals surface area contributed by atoms with Gasteiger partial charge in [0.15, 0.2) is 0 Å². The van der Waals surface area contributed by atoms with E-state index >= 15 is 0 Å². The number of piperidine rings is 1. The molecule has 10 atom stereocenters. The van der Waals surface area contributed by atoms with E-state index in [9.17, 15) is 5.11 Å². The summed E-state index contributed by atoms with van der Waals surface area (Å²) in [5, 5.41) is 19.4. The molecule has 1 spiro atoms. The Morgan fingerprint density at radius 3 is 2.81 bits per heavy atom. The van der Waals surface area contributed by atoms with Gasteiger partial charge >= 0.3 is 0 Å². The van der Waals surface area contributed by atoms with Crippen molar-refractivity contribution in [3.8, 4) is 0 Å². The van der Waals surface area contributed by atoms with Gasteiger partial charge in [-0.2, -0.15) is 0 Å². The number of rotatable bonds is 5. The van der Waals surface area contributed by atoms with Crippen molar-refractivity contribution in [1.29, 1.82) is 0 Å². The summed E-state index contributed by atoms with van der Waals surface area (Å²) >= 11 is 0. The lowest BCUT2D eigenvalue weighted by molar-refractivity contribution is -0.0806. The minimum Gasteiger partial charge on any atom is -0.394 e. The van der Waals surface area contributed by atoms with Crippen molar-refractivity contribution < 1.29 is 19.7 Å². The lowest BCUT2D eigenvalue weighted by atomic mass is 9.56. The third-order valence-corrected chi connectivity index (χ3v) is 12.0. The lowest BCUT2D eigenvalue weighted by Gasteiger charge is -2.49. The molecule has 2 saturated carbocycles. The fourth-order valence-electron chi connectivity index (χ4n) is 10.3. The maximum Gasteiger partial charge on any atom is 0.0765 e. The highest BCUT2D eigenvalue weighted by Gasteiger charge is 2.59. The fraction of sp³-hybridized carbons (Fsp3) is 0.875. The topological polar surface area (TPSA) is 62.2 Å². The van der Waals surface area contributed by atoms with Crippen molar-refractivity contribution in [3.63, 3.8) is 0 Å². The maximum atomic E-state index is 10.3. The van der Waals surface area contributed by atoms with E-state index in [2.05, 4.69) is 38.7 Å². The van der Waals surface area contributed by atoms with Gasteiger partial charge in [0.2, 0.25) is 0 Å². The van der Waals surface area contributed by atoms with E-state index in [0.29, 0.717) is 42.6 Å². The van der Waals surface area contributed by atoms with Crippen molar-refractivity contribution in [1.82, 2.24) is 4.90 Å². The summed E-state index contributed by atoms with van der Waals surface area (Å²) in [5.74, 6) is 3.45. The first-order valence-corrected chi connectivity index (χ1v) is 15.4. The third-order valence-electron chi connectivity index (χ3n) is 12.0. The molecule has 4 fully saturated rings. The second kappa shape index (κ2) is 10.0. The van der Waals surface area contributed by atoms with Gasteiger partial charge in [0.25, 0.3) is 0 Å². The van der Waals surface area contributed by atoms with Crippen molar-refractivity contribution in [2.24, 2.45) is 35.0 Å². The quantitative estimate of drug-likeness (QED) is 0.395. The van der Waals surface area contributed by atoms with Crippen molar-refractivity contribution >= 4 is 0 Å². The van der Waals surface area contributed by atoms with Crippen LogP contribution in [0.2, 0.25) is 0 Å². The highest BCUT2D eigenvalue weighted by atomic mass is 16.5. The second-order valence-electron chi connectivity index (χ2n) is 14.0. The first-order chi connectivity index (χ1) is 17.8. The van der Waals surface area contributed by atoms with E-state index in [0.717, 1.165) is 50.1 Å². The number of nitrogens with zero attached hydrogens (tertiary/aromatic N) is 1. The van der Waals surface area contributed by atoms with Crippen LogP contribution in [0.15, 0.2) is 22.8 Å². The van der Waals surface area contributed by atoms with E-state index in [-0.39, 0.29) is 18.3 Å². The van der Waals surface area contributed by atoms with Crippen molar-refractivity contribution in [2.75, 3.05) is 32.9 Å². The largest absolute Gasteiger partial charge is 0.394 e. The summed E-state index contributed by atoms with van der Waals surface area (Å²) in [4.78, 5) is 2.66. The highest BCUT2D eigenvalue weighted by molar-refractivity contribution is 5.33. The van der Waals surface area contributed by atoms with Crippen LogP contribution in [0, 0.1) is 35.0 Å². The lowest BCUT2D eigenvalue weighted by Crippen LogP contribution is -2.52. The average molecular weight is 514 g/mol. The van der Waals surface area contributed by atoms with E-state index in [1.807, 2.05) is 0 Å². The van der Waals surface area contributed by atoms with Gasteiger partial charge in [-0.05, 0) is 93.8 Å². The van der Waals surface area contributed by atoms with Gasteiger partial charge in [-0.3, -0.25) is 4.90 Å². The van der Waals surface area contributed by atoms with Crippen LogP contribution in [0.4, 0.5) is 0 Å². The Morgan fingerprint density at radius 1 is 1.16 bits per heavy atom. The first kappa shape index (κ1) is 26.5. The summed E-state index contributed by atoms with van der Waals surface area (Å²) in [6, 6.07) is 0.479. The van der Waals surface area contributed by atoms with Crippen LogP contribution in [-0.4, -0.2) is 71.9 Å². The molecule has 2 N–H and O–H groups in total. The van der Waals surface area contributed by atoms with E-state index in [1.54, 1.807) is 16.7 Å². The van der Waals surface area contributed by atoms with Crippen LogP contribution in [-0.2, 0) is 9.47 Å². The van der Waals surface area contributed by atoms with Gasteiger partial charge in [0.05, 0.1) is 37.6 Å². The summed E-state index contributed by atoms with van der Waals surface area (Å²) in [7, 11) is 0. The predicted molar refractivity (Wildman–Crippen MR) is 146 cm³/mol. The van der Waals surface area contributed by atoms with Crippen LogP contribution in [0.5, 0.6) is 0 Å². The second-order valence-corrected chi connectivity index (χ2v) is 14.0. The highest BCUT2D eigenvalue weighted by Crippen LogP contribution is 2.64. The number of hydrogen-bond acceptors (Lipinski definition) is 5. The van der Waals surface area contributed by atoms with E-state index < -0.39 is 0 Å². The normalized spacial score (nSPS) is 47.8. The van der Waals surface area contributed by atoms with Crippen molar-refractivity contribution in [3.05, 3.63) is 22.8 Å². The minimum atomic E-state index is -0.222. The smallest absolute Gasteiger partial charge is 0.0765 e. The van der Waals surface area contributed by atoms with Gasteiger partial charge in [-0.25, -0.2) is 0 Å². The summed E-state index contributed by atoms with van der Waals surface area (Å²) in [5.41, 5.74) is 5.25. The Hall–Kier alpha value is -0.720. The molecule has 6 rings (SSSR count). The molecule has 4 aliphatic carbocycles. The molecule has 2 aliphatic heterocycles. The summed E-state index contributed by atoms with van der Waals surface area (Å²) < 4.78 is 12.9. The zero-order chi connectivity index (χ0) is 25.9. The SMILES string of the molecule is CC1=C2C[C@H]3C(CCC4=C[C@@H](O)CC[C@@]43C)[C@@H]2CC[C@@]2(C1)OC1C[C@H](C)CN(CCOCCO)[C@H]1[C@H]2C. The number of aliphatic hydroxyl groups is 2. The van der Waals surface area contributed by atoms with E-state index in [1.165, 1.54) is 38.5 Å². The third kappa shape index (κ3) is 4.40. The Kier molecular flexibility index (Phi) is 7.19. The number of ether oxygens (including phenoxy) is 2. The molecule has 0 bridgehead atoms. The molecule has 0 aromatic carbocycles. The van der Waals surface area contributed by atoms with Crippen LogP contribution in [0.25, 0.3) is 0 Å². The number of aliphatic hydroxyl groups excluding tert-OH is 2. The first-order valence-electron chi connectivity index (χ1n) is 15.4. The van der Waals surface area contributed by atoms with Gasteiger partial charge < -0.3 is 19.7 Å². The predicted octanol–water partition coefficient (Wildman–Crippen LogP) is 5.11. The van der Waals surface area contributed by atoms with Gasteiger partial charge in [-0.15, -0.1) is 0 Å². The van der Waals surface area contributed by atoms with E-state index in [4.69, 9.17) is 14.6 Å². The summed E-state index contributed by atoms with van der Waals surface area (Å²) in [6.45, 7) is 13.1. The molecule has 2 saturated heterocycles. The molecule has 6 aliphatic rings. The molecule has 0 aromatic heterocycles. The molecule has 0 aromatic rings. The molecule has 2 unspecified atom stereocenters. The zero-order valence-electron chi connectivity index (χ0n) is 23.8. The fourth-order valence-corrected chi connectivity index (χ4v) is 10.3. The Labute approximate surface area is 224 Å². The Balaban J connectivity index is 1.23. The maximum absolute atomic E-state index is 10.3. The molecule has 2 heterocycles. The molecule has 5 nitrogen and oxygen atoms in total. The molecule has 0 amide bonds. The minimum absolute atomic E-state index is 0.0287. The van der Waals surface area contributed by atoms with Gasteiger partial charge in [-0.1, -0.05) is 43.6 Å². The molecule has 5 heteroatoms. The molecular weight excluding hydrogens is 462 g/mol. The van der Waals surface area contributed by atoms with Crippen LogP contribution < -0.4 is 0 Å². The molecule has 208 valence electrons. The molecular formula is C32H51NO4. The number of hydrogen-bond donors (Lipinski definition) is 2. The van der Waals surface area contributed by atoms with Gasteiger partial charge in [0.1, 0.15) is 0 Å². The number of allylic oxidation sites excluding steroid dienone is 2.